The molecule has 1 aliphatic carbocycles. The first-order valence-corrected chi connectivity index (χ1v) is 13.6. The van der Waals surface area contributed by atoms with E-state index in [0.717, 1.165) is 66.0 Å². The van der Waals surface area contributed by atoms with Crippen molar-refractivity contribution in [2.24, 2.45) is 0 Å². The number of hydrogen-bond donors (Lipinski definition) is 3. The van der Waals surface area contributed by atoms with E-state index >= 15 is 0 Å². The van der Waals surface area contributed by atoms with E-state index in [0.29, 0.717) is 5.02 Å². The molecule has 1 aromatic carbocycles. The van der Waals surface area contributed by atoms with E-state index in [2.05, 4.69) is 26.1 Å². The van der Waals surface area contributed by atoms with Crippen LogP contribution in [0.15, 0.2) is 48.9 Å². The van der Waals surface area contributed by atoms with Crippen LogP contribution in [0, 0.1) is 0 Å². The SMILES string of the molecule is CCNc1cc2c(cn1)c(-c1cnn(C[C@@H](O)C(C)(C)O)c1)nn2C1CCC(Oc2cccc(Cl)c2)CC1. The van der Waals surface area contributed by atoms with Crippen LogP contribution in [-0.4, -0.2) is 59.1 Å². The average Bonchev–Trinajstić information content (AvgIpc) is 3.49. The number of aliphatic hydroxyl groups is 2. The summed E-state index contributed by atoms with van der Waals surface area (Å²) in [5, 5.41) is 34.8. The van der Waals surface area contributed by atoms with E-state index in [1.54, 1.807) is 24.7 Å². The first-order chi connectivity index (χ1) is 18.2. The van der Waals surface area contributed by atoms with Crippen molar-refractivity contribution in [3.8, 4) is 17.0 Å². The maximum Gasteiger partial charge on any atom is 0.128 e. The zero-order valence-corrected chi connectivity index (χ0v) is 22.8. The molecule has 4 aromatic rings. The van der Waals surface area contributed by atoms with E-state index in [-0.39, 0.29) is 18.7 Å². The summed E-state index contributed by atoms with van der Waals surface area (Å²) in [4.78, 5) is 4.60. The van der Waals surface area contributed by atoms with Gasteiger partial charge in [0, 0.05) is 41.0 Å². The van der Waals surface area contributed by atoms with Crippen molar-refractivity contribution in [3.63, 3.8) is 0 Å². The molecule has 10 heteroatoms. The number of nitrogens with one attached hydrogen (secondary N) is 1. The first kappa shape index (κ1) is 26.5. The van der Waals surface area contributed by atoms with Crippen molar-refractivity contribution in [3.05, 3.63) is 53.9 Å². The van der Waals surface area contributed by atoms with Crippen molar-refractivity contribution >= 4 is 28.3 Å². The summed E-state index contributed by atoms with van der Waals surface area (Å²) < 4.78 is 9.98. The predicted molar refractivity (Wildman–Crippen MR) is 149 cm³/mol. The molecule has 202 valence electrons. The van der Waals surface area contributed by atoms with Gasteiger partial charge < -0.3 is 20.3 Å². The molecule has 38 heavy (non-hydrogen) atoms. The number of rotatable bonds is 9. The molecular formula is C28H35ClN6O3. The predicted octanol–water partition coefficient (Wildman–Crippen LogP) is 5.07. The van der Waals surface area contributed by atoms with Gasteiger partial charge in [0.25, 0.3) is 0 Å². The number of ether oxygens (including phenoxy) is 1. The number of anilines is 1. The van der Waals surface area contributed by atoms with E-state index in [1.165, 1.54) is 0 Å². The van der Waals surface area contributed by atoms with E-state index < -0.39 is 11.7 Å². The fourth-order valence-corrected chi connectivity index (χ4v) is 5.11. The molecule has 1 aliphatic rings. The second-order valence-corrected chi connectivity index (χ2v) is 11.0. The molecule has 0 aliphatic heterocycles. The van der Waals surface area contributed by atoms with Gasteiger partial charge in [0.1, 0.15) is 23.4 Å². The molecule has 3 N–H and O–H groups in total. The van der Waals surface area contributed by atoms with Crippen molar-refractivity contribution < 1.29 is 14.9 Å². The number of fused-ring (bicyclic) bond motifs is 1. The summed E-state index contributed by atoms with van der Waals surface area (Å²) in [7, 11) is 0. The molecule has 0 bridgehead atoms. The Labute approximate surface area is 227 Å². The van der Waals surface area contributed by atoms with Crippen molar-refractivity contribution in [1.29, 1.82) is 0 Å². The molecule has 0 spiro atoms. The fraction of sp³-hybridized carbons (Fsp3) is 0.464. The largest absolute Gasteiger partial charge is 0.490 e. The lowest BCUT2D eigenvalue weighted by Gasteiger charge is -2.29. The standard InChI is InChI=1S/C28H35ClN6O3/c1-4-30-26-13-24-23(15-31-26)27(18-14-32-34(16-18)17-25(36)28(2,3)37)33-35(24)20-8-10-21(11-9-20)38-22-7-5-6-19(29)12-22/h5-7,12-16,20-21,25,36-37H,4,8-11,17H2,1-3H3,(H,30,31)/t20?,21?,25-/m1/s1. The summed E-state index contributed by atoms with van der Waals surface area (Å²) in [6.07, 6.45) is 8.39. The molecule has 0 saturated heterocycles. The van der Waals surface area contributed by atoms with Crippen LogP contribution in [0.25, 0.3) is 22.2 Å². The minimum Gasteiger partial charge on any atom is -0.490 e. The molecule has 1 fully saturated rings. The van der Waals surface area contributed by atoms with E-state index in [4.69, 9.17) is 21.4 Å². The Balaban J connectivity index is 1.40. The number of hydrogen-bond acceptors (Lipinski definition) is 7. The van der Waals surface area contributed by atoms with Crippen LogP contribution in [0.2, 0.25) is 5.02 Å². The molecule has 3 aromatic heterocycles. The quantitative estimate of drug-likeness (QED) is 0.273. The summed E-state index contributed by atoms with van der Waals surface area (Å²) in [6, 6.07) is 9.85. The molecule has 1 atom stereocenters. The molecule has 1 saturated carbocycles. The molecule has 0 radical (unpaired) electrons. The second kappa shape index (κ2) is 10.9. The monoisotopic (exact) mass is 538 g/mol. The van der Waals surface area contributed by atoms with Crippen molar-refractivity contribution in [1.82, 2.24) is 24.5 Å². The van der Waals surface area contributed by atoms with Gasteiger partial charge in [-0.25, -0.2) is 4.98 Å². The number of aliphatic hydroxyl groups excluding tert-OH is 1. The van der Waals surface area contributed by atoms with Gasteiger partial charge in [0.05, 0.1) is 36.0 Å². The molecule has 9 nitrogen and oxygen atoms in total. The Morgan fingerprint density at radius 2 is 1.97 bits per heavy atom. The average molecular weight is 539 g/mol. The Morgan fingerprint density at radius 1 is 1.18 bits per heavy atom. The number of nitrogens with zero attached hydrogens (tertiary/aromatic N) is 5. The molecule has 0 unspecified atom stereocenters. The third kappa shape index (κ3) is 5.80. The van der Waals surface area contributed by atoms with Crippen LogP contribution in [0.5, 0.6) is 5.75 Å². The number of pyridine rings is 1. The lowest BCUT2D eigenvalue weighted by atomic mass is 9.93. The highest BCUT2D eigenvalue weighted by Crippen LogP contribution is 2.36. The fourth-order valence-electron chi connectivity index (χ4n) is 4.93. The topological polar surface area (TPSA) is 110 Å². The third-order valence-corrected chi connectivity index (χ3v) is 7.36. The number of aromatic nitrogens is 5. The summed E-state index contributed by atoms with van der Waals surface area (Å²) in [5.41, 5.74) is 1.45. The highest BCUT2D eigenvalue weighted by molar-refractivity contribution is 6.30. The zero-order valence-electron chi connectivity index (χ0n) is 22.0. The van der Waals surface area contributed by atoms with Gasteiger partial charge in [-0.1, -0.05) is 17.7 Å². The van der Waals surface area contributed by atoms with Crippen LogP contribution < -0.4 is 10.1 Å². The first-order valence-electron chi connectivity index (χ1n) is 13.2. The Hall–Kier alpha value is -3.14. The minimum atomic E-state index is -1.22. The van der Waals surface area contributed by atoms with Gasteiger partial charge in [0.2, 0.25) is 0 Å². The molecular weight excluding hydrogens is 504 g/mol. The summed E-state index contributed by atoms with van der Waals surface area (Å²) >= 11 is 6.12. The van der Waals surface area contributed by atoms with Crippen molar-refractivity contribution in [2.45, 2.75) is 76.9 Å². The van der Waals surface area contributed by atoms with E-state index in [9.17, 15) is 10.2 Å². The van der Waals surface area contributed by atoms with Gasteiger partial charge in [-0.3, -0.25) is 9.36 Å². The smallest absolute Gasteiger partial charge is 0.128 e. The van der Waals surface area contributed by atoms with E-state index in [1.807, 2.05) is 43.6 Å². The van der Waals surface area contributed by atoms with Gasteiger partial charge in [-0.2, -0.15) is 10.2 Å². The number of benzene rings is 1. The van der Waals surface area contributed by atoms with Crippen LogP contribution in [0.1, 0.15) is 52.5 Å². The normalized spacial score (nSPS) is 19.0. The van der Waals surface area contributed by atoms with Crippen LogP contribution in [0.4, 0.5) is 5.82 Å². The lowest BCUT2D eigenvalue weighted by Crippen LogP contribution is -2.39. The number of halogens is 1. The molecule has 3 heterocycles. The molecule has 0 amide bonds. The van der Waals surface area contributed by atoms with Gasteiger partial charge >= 0.3 is 0 Å². The second-order valence-electron chi connectivity index (χ2n) is 10.5. The van der Waals surface area contributed by atoms with Crippen LogP contribution in [0.3, 0.4) is 0 Å². The van der Waals surface area contributed by atoms with Crippen molar-refractivity contribution in [2.75, 3.05) is 11.9 Å². The van der Waals surface area contributed by atoms with Crippen LogP contribution in [-0.2, 0) is 6.54 Å². The highest BCUT2D eigenvalue weighted by atomic mass is 35.5. The Bertz CT molecular complexity index is 1390. The van der Waals surface area contributed by atoms with Gasteiger partial charge in [0.15, 0.2) is 0 Å². The maximum absolute atomic E-state index is 10.3. The van der Waals surface area contributed by atoms with Crippen LogP contribution >= 0.6 is 11.6 Å². The summed E-state index contributed by atoms with van der Waals surface area (Å²) in [5.74, 6) is 1.62. The Morgan fingerprint density at radius 3 is 2.68 bits per heavy atom. The third-order valence-electron chi connectivity index (χ3n) is 7.12. The highest BCUT2D eigenvalue weighted by Gasteiger charge is 2.28. The molecule has 5 rings (SSSR count). The Kier molecular flexibility index (Phi) is 7.61. The minimum absolute atomic E-state index is 0.144. The zero-order chi connectivity index (χ0) is 26.9. The maximum atomic E-state index is 10.3. The van der Waals surface area contributed by atoms with Gasteiger partial charge in [-0.05, 0) is 64.7 Å². The van der Waals surface area contributed by atoms with Gasteiger partial charge in [-0.15, -0.1) is 0 Å². The lowest BCUT2D eigenvalue weighted by molar-refractivity contribution is -0.0566. The summed E-state index contributed by atoms with van der Waals surface area (Å²) in [6.45, 7) is 6.18.